The average Bonchev–Trinajstić information content (AvgIpc) is 2.92. The second-order valence-electron chi connectivity index (χ2n) is 5.06. The van der Waals surface area contributed by atoms with Gasteiger partial charge in [-0.15, -0.1) is 5.10 Å². The van der Waals surface area contributed by atoms with Gasteiger partial charge in [0.15, 0.2) is 0 Å². The van der Waals surface area contributed by atoms with E-state index in [-0.39, 0.29) is 12.5 Å². The SMILES string of the molecule is CCCN(CC1CCCNC1)C(=O)Cn1cnnn1. The van der Waals surface area contributed by atoms with Crippen molar-refractivity contribution in [1.29, 1.82) is 0 Å². The van der Waals surface area contributed by atoms with E-state index < -0.39 is 0 Å². The zero-order valence-corrected chi connectivity index (χ0v) is 11.5. The van der Waals surface area contributed by atoms with Crippen molar-refractivity contribution < 1.29 is 4.79 Å². The molecule has 1 aliphatic rings. The summed E-state index contributed by atoms with van der Waals surface area (Å²) in [5.74, 6) is 0.665. The molecule has 1 fully saturated rings. The second kappa shape index (κ2) is 7.18. The summed E-state index contributed by atoms with van der Waals surface area (Å²) in [6, 6.07) is 0. The van der Waals surface area contributed by atoms with Crippen LogP contribution in [0.5, 0.6) is 0 Å². The molecule has 1 aliphatic heterocycles. The van der Waals surface area contributed by atoms with Gasteiger partial charge in [0.05, 0.1) is 0 Å². The number of hydrogen-bond donors (Lipinski definition) is 1. The van der Waals surface area contributed by atoms with Gasteiger partial charge in [-0.3, -0.25) is 4.79 Å². The number of carbonyl (C=O) groups excluding carboxylic acids is 1. The Kier molecular flexibility index (Phi) is 5.26. The van der Waals surface area contributed by atoms with Gasteiger partial charge < -0.3 is 10.2 Å². The highest BCUT2D eigenvalue weighted by Crippen LogP contribution is 2.12. The summed E-state index contributed by atoms with van der Waals surface area (Å²) < 4.78 is 1.48. The van der Waals surface area contributed by atoms with Crippen LogP contribution in [0, 0.1) is 5.92 Å². The van der Waals surface area contributed by atoms with Crippen LogP contribution < -0.4 is 5.32 Å². The quantitative estimate of drug-likeness (QED) is 0.779. The summed E-state index contributed by atoms with van der Waals surface area (Å²) in [5, 5.41) is 14.2. The number of amides is 1. The van der Waals surface area contributed by atoms with Crippen LogP contribution in [0.2, 0.25) is 0 Å². The lowest BCUT2D eigenvalue weighted by atomic mass is 9.99. The minimum atomic E-state index is 0.0970. The normalized spacial score (nSPS) is 19.3. The van der Waals surface area contributed by atoms with Gasteiger partial charge in [0.25, 0.3) is 0 Å². The van der Waals surface area contributed by atoms with Crippen LogP contribution in [0.4, 0.5) is 0 Å². The Bertz CT molecular complexity index is 374. The van der Waals surface area contributed by atoms with Gasteiger partial charge in [-0.2, -0.15) is 0 Å². The molecule has 1 atom stereocenters. The molecule has 106 valence electrons. The lowest BCUT2D eigenvalue weighted by molar-refractivity contribution is -0.132. The fourth-order valence-electron chi connectivity index (χ4n) is 2.47. The topological polar surface area (TPSA) is 75.9 Å². The fourth-order valence-corrected chi connectivity index (χ4v) is 2.47. The molecule has 1 aromatic rings. The van der Waals surface area contributed by atoms with Crippen molar-refractivity contribution in [2.45, 2.75) is 32.7 Å². The van der Waals surface area contributed by atoms with Gasteiger partial charge in [0.2, 0.25) is 5.91 Å². The van der Waals surface area contributed by atoms with Crippen LogP contribution in [-0.2, 0) is 11.3 Å². The molecule has 0 radical (unpaired) electrons. The Morgan fingerprint density at radius 3 is 3.11 bits per heavy atom. The Morgan fingerprint density at radius 1 is 1.58 bits per heavy atom. The van der Waals surface area contributed by atoms with Crippen molar-refractivity contribution in [2.75, 3.05) is 26.2 Å². The van der Waals surface area contributed by atoms with Gasteiger partial charge in [0, 0.05) is 13.1 Å². The fraction of sp³-hybridized carbons (Fsp3) is 0.833. The minimum Gasteiger partial charge on any atom is -0.341 e. The van der Waals surface area contributed by atoms with Crippen LogP contribution in [0.15, 0.2) is 6.33 Å². The van der Waals surface area contributed by atoms with E-state index >= 15 is 0 Å². The summed E-state index contributed by atoms with van der Waals surface area (Å²) in [7, 11) is 0. The van der Waals surface area contributed by atoms with Gasteiger partial charge in [-0.05, 0) is 48.7 Å². The molecule has 19 heavy (non-hydrogen) atoms. The summed E-state index contributed by atoms with van der Waals surface area (Å²) in [4.78, 5) is 14.2. The minimum absolute atomic E-state index is 0.0970. The molecule has 0 spiro atoms. The van der Waals surface area contributed by atoms with E-state index in [1.807, 2.05) is 4.90 Å². The zero-order chi connectivity index (χ0) is 13.5. The van der Waals surface area contributed by atoms with Gasteiger partial charge in [0.1, 0.15) is 12.9 Å². The highest BCUT2D eigenvalue weighted by Gasteiger charge is 2.20. The molecule has 0 aliphatic carbocycles. The predicted molar refractivity (Wildman–Crippen MR) is 70.3 cm³/mol. The first-order valence-corrected chi connectivity index (χ1v) is 6.99. The summed E-state index contributed by atoms with van der Waals surface area (Å²) >= 11 is 0. The van der Waals surface area contributed by atoms with E-state index in [0.717, 1.165) is 32.6 Å². The Balaban J connectivity index is 1.88. The third-order valence-corrected chi connectivity index (χ3v) is 3.41. The number of tetrazole rings is 1. The molecule has 1 amide bonds. The number of nitrogens with zero attached hydrogens (tertiary/aromatic N) is 5. The second-order valence-corrected chi connectivity index (χ2v) is 5.06. The maximum Gasteiger partial charge on any atom is 0.244 e. The van der Waals surface area contributed by atoms with Crippen LogP contribution in [0.25, 0.3) is 0 Å². The number of hydrogen-bond acceptors (Lipinski definition) is 5. The summed E-state index contributed by atoms with van der Waals surface area (Å²) in [6.07, 6.45) is 4.85. The first kappa shape index (κ1) is 13.9. The van der Waals surface area contributed by atoms with Gasteiger partial charge in [-0.25, -0.2) is 4.68 Å². The molecule has 2 rings (SSSR count). The first-order chi connectivity index (χ1) is 9.29. The largest absolute Gasteiger partial charge is 0.341 e. The molecule has 0 saturated carbocycles. The number of aromatic nitrogens is 4. The molecule has 7 nitrogen and oxygen atoms in total. The zero-order valence-electron chi connectivity index (χ0n) is 11.5. The molecule has 1 saturated heterocycles. The lowest BCUT2D eigenvalue weighted by Gasteiger charge is -2.30. The molecule has 1 unspecified atom stereocenters. The standard InChI is InChI=1S/C12H22N6O/c1-2-6-17(8-11-4-3-5-13-7-11)12(19)9-18-10-14-15-16-18/h10-11,13H,2-9H2,1H3. The van der Waals surface area contributed by atoms with E-state index in [0.29, 0.717) is 5.92 Å². The highest BCUT2D eigenvalue weighted by molar-refractivity contribution is 5.75. The first-order valence-electron chi connectivity index (χ1n) is 6.99. The van der Waals surface area contributed by atoms with Crippen molar-refractivity contribution in [2.24, 2.45) is 5.92 Å². The Hall–Kier alpha value is -1.50. The highest BCUT2D eigenvalue weighted by atomic mass is 16.2. The van der Waals surface area contributed by atoms with E-state index in [4.69, 9.17) is 0 Å². The monoisotopic (exact) mass is 266 g/mol. The third-order valence-electron chi connectivity index (χ3n) is 3.41. The van der Waals surface area contributed by atoms with Crippen LogP contribution >= 0.6 is 0 Å². The van der Waals surface area contributed by atoms with Crippen LogP contribution in [0.1, 0.15) is 26.2 Å². The predicted octanol–water partition coefficient (Wildman–Crippen LogP) is -0.0887. The van der Waals surface area contributed by atoms with Crippen LogP contribution in [-0.4, -0.2) is 57.2 Å². The molecular formula is C12H22N6O. The molecule has 7 heteroatoms. The van der Waals surface area contributed by atoms with E-state index in [9.17, 15) is 4.79 Å². The van der Waals surface area contributed by atoms with Crippen molar-refractivity contribution in [3.05, 3.63) is 6.33 Å². The lowest BCUT2D eigenvalue weighted by Crippen LogP contribution is -2.42. The van der Waals surface area contributed by atoms with Crippen molar-refractivity contribution in [3.8, 4) is 0 Å². The van der Waals surface area contributed by atoms with E-state index in [1.165, 1.54) is 23.9 Å². The Morgan fingerprint density at radius 2 is 2.47 bits per heavy atom. The van der Waals surface area contributed by atoms with Gasteiger partial charge in [-0.1, -0.05) is 6.92 Å². The average molecular weight is 266 g/mol. The molecule has 1 aromatic heterocycles. The third kappa shape index (κ3) is 4.27. The van der Waals surface area contributed by atoms with Gasteiger partial charge >= 0.3 is 0 Å². The number of piperidine rings is 1. The molecule has 0 aromatic carbocycles. The van der Waals surface area contributed by atoms with Crippen molar-refractivity contribution >= 4 is 5.91 Å². The number of nitrogens with one attached hydrogen (secondary N) is 1. The molecular weight excluding hydrogens is 244 g/mol. The maximum atomic E-state index is 12.3. The number of carbonyl (C=O) groups is 1. The molecule has 2 heterocycles. The molecule has 0 bridgehead atoms. The smallest absolute Gasteiger partial charge is 0.244 e. The van der Waals surface area contributed by atoms with Crippen molar-refractivity contribution in [1.82, 2.24) is 30.4 Å². The number of rotatable bonds is 6. The summed E-state index contributed by atoms with van der Waals surface area (Å²) in [5.41, 5.74) is 0. The summed E-state index contributed by atoms with van der Waals surface area (Å²) in [6.45, 7) is 6.07. The maximum absolute atomic E-state index is 12.3. The van der Waals surface area contributed by atoms with E-state index in [2.05, 4.69) is 27.8 Å². The molecule has 1 N–H and O–H groups in total. The van der Waals surface area contributed by atoms with Crippen LogP contribution in [0.3, 0.4) is 0 Å². The van der Waals surface area contributed by atoms with Crippen molar-refractivity contribution in [3.63, 3.8) is 0 Å². The van der Waals surface area contributed by atoms with E-state index in [1.54, 1.807) is 0 Å². The Labute approximate surface area is 113 Å².